The molecule has 0 aliphatic rings. The predicted molar refractivity (Wildman–Crippen MR) is 63.1 cm³/mol. The lowest BCUT2D eigenvalue weighted by molar-refractivity contribution is 0.296. The van der Waals surface area contributed by atoms with Crippen LogP contribution < -0.4 is 10.5 Å². The standard InChI is InChI=1S/C12H14FN3O/c1-8-5-10(16(2)15-8)7-17-12-4-3-9(13)6-11(12)14/h3-6H,7,14H2,1-2H3. The average Bonchev–Trinajstić information content (AvgIpc) is 2.56. The largest absolute Gasteiger partial charge is 0.485 e. The molecule has 0 radical (unpaired) electrons. The van der Waals surface area contributed by atoms with Crippen molar-refractivity contribution < 1.29 is 9.13 Å². The van der Waals surface area contributed by atoms with Crippen molar-refractivity contribution >= 4 is 5.69 Å². The van der Waals surface area contributed by atoms with E-state index < -0.39 is 0 Å². The van der Waals surface area contributed by atoms with Crippen LogP contribution >= 0.6 is 0 Å². The third kappa shape index (κ3) is 2.55. The summed E-state index contributed by atoms with van der Waals surface area (Å²) < 4.78 is 20.1. The molecule has 0 spiro atoms. The molecule has 0 saturated heterocycles. The van der Waals surface area contributed by atoms with Crippen LogP contribution in [0.3, 0.4) is 0 Å². The van der Waals surface area contributed by atoms with Crippen molar-refractivity contribution in [3.8, 4) is 5.75 Å². The van der Waals surface area contributed by atoms with E-state index in [1.807, 2.05) is 20.0 Å². The monoisotopic (exact) mass is 235 g/mol. The first-order valence-corrected chi connectivity index (χ1v) is 5.23. The maximum Gasteiger partial charge on any atom is 0.142 e. The number of aryl methyl sites for hydroxylation is 2. The number of ether oxygens (including phenoxy) is 1. The van der Waals surface area contributed by atoms with Crippen LogP contribution in [0.4, 0.5) is 10.1 Å². The van der Waals surface area contributed by atoms with E-state index in [-0.39, 0.29) is 5.82 Å². The molecule has 5 heteroatoms. The van der Waals surface area contributed by atoms with E-state index in [4.69, 9.17) is 10.5 Å². The van der Waals surface area contributed by atoms with E-state index in [2.05, 4.69) is 5.10 Å². The van der Waals surface area contributed by atoms with Crippen molar-refractivity contribution in [1.29, 1.82) is 0 Å². The van der Waals surface area contributed by atoms with Crippen molar-refractivity contribution in [2.75, 3.05) is 5.73 Å². The number of nitrogen functional groups attached to an aromatic ring is 1. The highest BCUT2D eigenvalue weighted by molar-refractivity contribution is 5.52. The van der Waals surface area contributed by atoms with Crippen molar-refractivity contribution in [2.45, 2.75) is 13.5 Å². The summed E-state index contributed by atoms with van der Waals surface area (Å²) in [7, 11) is 1.85. The van der Waals surface area contributed by atoms with Gasteiger partial charge in [-0.3, -0.25) is 4.68 Å². The van der Waals surface area contributed by atoms with Crippen LogP contribution in [0.2, 0.25) is 0 Å². The van der Waals surface area contributed by atoms with Crippen molar-refractivity contribution in [3.05, 3.63) is 41.5 Å². The normalized spacial score (nSPS) is 10.5. The molecule has 2 aromatic rings. The number of anilines is 1. The molecule has 2 N–H and O–H groups in total. The Bertz CT molecular complexity index is 537. The van der Waals surface area contributed by atoms with Gasteiger partial charge in [0.25, 0.3) is 0 Å². The van der Waals surface area contributed by atoms with E-state index in [1.165, 1.54) is 18.2 Å². The highest BCUT2D eigenvalue weighted by Crippen LogP contribution is 2.22. The minimum Gasteiger partial charge on any atom is -0.485 e. The fourth-order valence-corrected chi connectivity index (χ4v) is 1.60. The Balaban J connectivity index is 2.10. The number of hydrogen-bond acceptors (Lipinski definition) is 3. The summed E-state index contributed by atoms with van der Waals surface area (Å²) in [5.74, 6) is 0.108. The van der Waals surface area contributed by atoms with Crippen LogP contribution in [0.25, 0.3) is 0 Å². The van der Waals surface area contributed by atoms with Crippen LogP contribution in [0.1, 0.15) is 11.4 Å². The lowest BCUT2D eigenvalue weighted by atomic mass is 10.3. The number of benzene rings is 1. The van der Waals surface area contributed by atoms with E-state index in [0.717, 1.165) is 11.4 Å². The van der Waals surface area contributed by atoms with Crippen LogP contribution in [0, 0.1) is 12.7 Å². The molecule has 1 aromatic heterocycles. The molecule has 0 aliphatic carbocycles. The number of aromatic nitrogens is 2. The van der Waals surface area contributed by atoms with Gasteiger partial charge in [0.05, 0.1) is 17.1 Å². The van der Waals surface area contributed by atoms with Gasteiger partial charge in [-0.25, -0.2) is 4.39 Å². The predicted octanol–water partition coefficient (Wildman–Crippen LogP) is 2.03. The topological polar surface area (TPSA) is 53.1 Å². The van der Waals surface area contributed by atoms with Gasteiger partial charge in [-0.2, -0.15) is 5.10 Å². The summed E-state index contributed by atoms with van der Waals surface area (Å²) in [4.78, 5) is 0. The zero-order chi connectivity index (χ0) is 12.4. The minimum absolute atomic E-state index is 0.295. The number of hydrogen-bond donors (Lipinski definition) is 1. The maximum absolute atomic E-state index is 12.8. The Labute approximate surface area is 98.8 Å². The molecule has 17 heavy (non-hydrogen) atoms. The fourth-order valence-electron chi connectivity index (χ4n) is 1.60. The van der Waals surface area contributed by atoms with Crippen LogP contribution in [0.15, 0.2) is 24.3 Å². The molecule has 0 aliphatic heterocycles. The third-order valence-corrected chi connectivity index (χ3v) is 2.45. The van der Waals surface area contributed by atoms with Gasteiger partial charge in [-0.1, -0.05) is 0 Å². The Kier molecular flexibility index (Phi) is 2.99. The molecule has 0 bridgehead atoms. The lowest BCUT2D eigenvalue weighted by Crippen LogP contribution is -2.04. The van der Waals surface area contributed by atoms with Gasteiger partial charge in [0.15, 0.2) is 0 Å². The molecule has 4 nitrogen and oxygen atoms in total. The Morgan fingerprint density at radius 1 is 1.41 bits per heavy atom. The van der Waals surface area contributed by atoms with Crippen LogP contribution in [-0.4, -0.2) is 9.78 Å². The number of halogens is 1. The molecule has 1 heterocycles. The molecular formula is C12H14FN3O. The summed E-state index contributed by atoms with van der Waals surface area (Å²) in [6, 6.07) is 6.01. The quantitative estimate of drug-likeness (QED) is 0.828. The van der Waals surface area contributed by atoms with Crippen molar-refractivity contribution in [3.63, 3.8) is 0 Å². The van der Waals surface area contributed by atoms with Gasteiger partial charge in [0, 0.05) is 13.1 Å². The first-order valence-electron chi connectivity index (χ1n) is 5.23. The van der Waals surface area contributed by atoms with E-state index in [9.17, 15) is 4.39 Å². The molecule has 0 saturated carbocycles. The first kappa shape index (κ1) is 11.4. The Morgan fingerprint density at radius 3 is 2.76 bits per heavy atom. The zero-order valence-corrected chi connectivity index (χ0v) is 9.77. The second-order valence-corrected chi connectivity index (χ2v) is 3.87. The Morgan fingerprint density at radius 2 is 2.18 bits per heavy atom. The van der Waals surface area contributed by atoms with Gasteiger partial charge in [-0.05, 0) is 25.1 Å². The van der Waals surface area contributed by atoms with Gasteiger partial charge < -0.3 is 10.5 Å². The SMILES string of the molecule is Cc1cc(COc2ccc(F)cc2N)n(C)n1. The summed E-state index contributed by atoms with van der Waals surface area (Å²) >= 11 is 0. The van der Waals surface area contributed by atoms with Gasteiger partial charge in [0.2, 0.25) is 0 Å². The average molecular weight is 235 g/mol. The van der Waals surface area contributed by atoms with Crippen molar-refractivity contribution in [1.82, 2.24) is 9.78 Å². The maximum atomic E-state index is 12.8. The summed E-state index contributed by atoms with van der Waals surface area (Å²) in [5.41, 5.74) is 7.80. The second-order valence-electron chi connectivity index (χ2n) is 3.87. The molecule has 0 fully saturated rings. The minimum atomic E-state index is -0.369. The van der Waals surface area contributed by atoms with E-state index in [0.29, 0.717) is 18.0 Å². The summed E-state index contributed by atoms with van der Waals surface area (Å²) in [5, 5.41) is 4.21. The van der Waals surface area contributed by atoms with Crippen LogP contribution in [0.5, 0.6) is 5.75 Å². The second kappa shape index (κ2) is 4.45. The molecule has 1 aromatic carbocycles. The lowest BCUT2D eigenvalue weighted by Gasteiger charge is -2.08. The van der Waals surface area contributed by atoms with E-state index >= 15 is 0 Å². The number of nitrogens with two attached hydrogens (primary N) is 1. The molecule has 0 unspecified atom stereocenters. The highest BCUT2D eigenvalue weighted by atomic mass is 19.1. The highest BCUT2D eigenvalue weighted by Gasteiger charge is 2.05. The fraction of sp³-hybridized carbons (Fsp3) is 0.250. The molecule has 0 atom stereocenters. The number of rotatable bonds is 3. The first-order chi connectivity index (χ1) is 8.06. The third-order valence-electron chi connectivity index (χ3n) is 2.45. The smallest absolute Gasteiger partial charge is 0.142 e. The molecule has 2 rings (SSSR count). The van der Waals surface area contributed by atoms with Gasteiger partial charge in [0.1, 0.15) is 18.2 Å². The van der Waals surface area contributed by atoms with Crippen LogP contribution in [-0.2, 0) is 13.7 Å². The molecule has 90 valence electrons. The number of nitrogens with zero attached hydrogens (tertiary/aromatic N) is 2. The zero-order valence-electron chi connectivity index (χ0n) is 9.77. The van der Waals surface area contributed by atoms with Gasteiger partial charge >= 0.3 is 0 Å². The van der Waals surface area contributed by atoms with Gasteiger partial charge in [-0.15, -0.1) is 0 Å². The van der Waals surface area contributed by atoms with E-state index in [1.54, 1.807) is 4.68 Å². The molecular weight excluding hydrogens is 221 g/mol. The molecule has 0 amide bonds. The summed E-state index contributed by atoms with van der Waals surface area (Å²) in [6.07, 6.45) is 0. The van der Waals surface area contributed by atoms with Crippen molar-refractivity contribution in [2.24, 2.45) is 7.05 Å². The Hall–Kier alpha value is -2.04. The summed E-state index contributed by atoms with van der Waals surface area (Å²) in [6.45, 7) is 2.27.